The minimum Gasteiger partial charge on any atom is -0.461 e. The van der Waals surface area contributed by atoms with Gasteiger partial charge in [-0.1, -0.05) is 5.16 Å². The first-order valence-corrected chi connectivity index (χ1v) is 7.31. The normalized spacial score (nSPS) is 15.0. The molecule has 0 unspecified atom stereocenters. The molecule has 3 aromatic heterocycles. The number of furan rings is 1. The molecule has 0 amide bonds. The van der Waals surface area contributed by atoms with Crippen LogP contribution in [0.1, 0.15) is 22.8 Å². The summed E-state index contributed by atoms with van der Waals surface area (Å²) in [7, 11) is 0. The third-order valence-electron chi connectivity index (χ3n) is 3.84. The van der Waals surface area contributed by atoms with Gasteiger partial charge < -0.3 is 8.94 Å². The quantitative estimate of drug-likeness (QED) is 0.740. The van der Waals surface area contributed by atoms with E-state index in [1.807, 2.05) is 31.3 Å². The van der Waals surface area contributed by atoms with Gasteiger partial charge in [-0.2, -0.15) is 0 Å². The molecule has 0 bridgehead atoms. The zero-order valence-electron chi connectivity index (χ0n) is 12.3. The molecule has 0 spiro atoms. The molecular weight excluding hydrogens is 280 g/mol. The zero-order chi connectivity index (χ0) is 14.9. The van der Waals surface area contributed by atoms with Gasteiger partial charge in [0, 0.05) is 49.6 Å². The molecule has 0 saturated heterocycles. The Bertz CT molecular complexity index is 779. The number of hydrogen-bond acceptors (Lipinski definition) is 6. The van der Waals surface area contributed by atoms with Gasteiger partial charge in [0.05, 0.1) is 12.0 Å². The maximum atomic E-state index is 5.34. The Kier molecular flexibility index (Phi) is 3.23. The highest BCUT2D eigenvalue weighted by Crippen LogP contribution is 2.23. The first kappa shape index (κ1) is 13.2. The van der Waals surface area contributed by atoms with E-state index < -0.39 is 0 Å². The molecule has 0 N–H and O–H groups in total. The highest BCUT2D eigenvalue weighted by Gasteiger charge is 2.19. The van der Waals surface area contributed by atoms with E-state index in [9.17, 15) is 0 Å². The summed E-state index contributed by atoms with van der Waals surface area (Å²) in [6, 6.07) is 5.63. The van der Waals surface area contributed by atoms with Gasteiger partial charge in [-0.15, -0.1) is 0 Å². The van der Waals surface area contributed by atoms with Crippen LogP contribution in [0.3, 0.4) is 0 Å². The summed E-state index contributed by atoms with van der Waals surface area (Å²) in [6.45, 7) is 4.49. The second-order valence-corrected chi connectivity index (χ2v) is 5.51. The summed E-state index contributed by atoms with van der Waals surface area (Å²) in [5.74, 6) is 2.20. The summed E-state index contributed by atoms with van der Waals surface area (Å²) in [4.78, 5) is 11.1. The van der Waals surface area contributed by atoms with Crippen LogP contribution in [-0.4, -0.2) is 26.6 Å². The van der Waals surface area contributed by atoms with Crippen molar-refractivity contribution in [3.8, 4) is 11.5 Å². The molecule has 22 heavy (non-hydrogen) atoms. The van der Waals surface area contributed by atoms with Crippen LogP contribution in [0.25, 0.3) is 11.5 Å². The minimum absolute atomic E-state index is 0.663. The monoisotopic (exact) mass is 296 g/mol. The van der Waals surface area contributed by atoms with Gasteiger partial charge in [-0.25, -0.2) is 9.97 Å². The first-order chi connectivity index (χ1) is 10.8. The van der Waals surface area contributed by atoms with Crippen molar-refractivity contribution in [1.29, 1.82) is 0 Å². The van der Waals surface area contributed by atoms with Crippen molar-refractivity contribution >= 4 is 0 Å². The van der Waals surface area contributed by atoms with Crippen molar-refractivity contribution in [2.75, 3.05) is 6.54 Å². The van der Waals surface area contributed by atoms with Gasteiger partial charge in [-0.3, -0.25) is 4.90 Å². The van der Waals surface area contributed by atoms with Gasteiger partial charge in [0.15, 0.2) is 5.76 Å². The molecule has 0 radical (unpaired) electrons. The Labute approximate surface area is 127 Å². The van der Waals surface area contributed by atoms with E-state index in [0.29, 0.717) is 11.5 Å². The molecular formula is C16H16N4O2. The van der Waals surface area contributed by atoms with Crippen molar-refractivity contribution in [3.63, 3.8) is 0 Å². The molecule has 0 aromatic carbocycles. The fourth-order valence-corrected chi connectivity index (χ4v) is 2.76. The molecule has 0 atom stereocenters. The number of rotatable bonds is 3. The van der Waals surface area contributed by atoms with Crippen molar-refractivity contribution in [1.82, 2.24) is 20.0 Å². The van der Waals surface area contributed by atoms with E-state index in [2.05, 4.69) is 20.0 Å². The summed E-state index contributed by atoms with van der Waals surface area (Å²) >= 11 is 0. The number of fused-ring (bicyclic) bond motifs is 1. The Balaban J connectivity index is 1.47. The van der Waals surface area contributed by atoms with E-state index in [0.717, 1.165) is 37.6 Å². The third-order valence-corrected chi connectivity index (χ3v) is 3.84. The van der Waals surface area contributed by atoms with Crippen LogP contribution in [0.2, 0.25) is 0 Å². The molecule has 1 aliphatic rings. The van der Waals surface area contributed by atoms with Crippen LogP contribution in [0.4, 0.5) is 0 Å². The lowest BCUT2D eigenvalue weighted by atomic mass is 10.1. The smallest absolute Gasteiger partial charge is 0.202 e. The van der Waals surface area contributed by atoms with Crippen molar-refractivity contribution in [2.45, 2.75) is 26.4 Å². The predicted octanol–water partition coefficient (Wildman–Crippen LogP) is 2.59. The molecule has 112 valence electrons. The number of hydrogen-bond donors (Lipinski definition) is 0. The maximum absolute atomic E-state index is 5.34. The average molecular weight is 296 g/mol. The summed E-state index contributed by atoms with van der Waals surface area (Å²) in [5.41, 5.74) is 3.27. The summed E-state index contributed by atoms with van der Waals surface area (Å²) in [6.07, 6.45) is 4.50. The van der Waals surface area contributed by atoms with Gasteiger partial charge in [-0.05, 0) is 19.1 Å². The van der Waals surface area contributed by atoms with E-state index in [-0.39, 0.29) is 0 Å². The molecule has 4 heterocycles. The molecule has 0 aliphatic carbocycles. The lowest BCUT2D eigenvalue weighted by Gasteiger charge is -2.26. The number of aromatic nitrogens is 3. The largest absolute Gasteiger partial charge is 0.461 e. The fourth-order valence-electron chi connectivity index (χ4n) is 2.76. The topological polar surface area (TPSA) is 68.2 Å². The van der Waals surface area contributed by atoms with Crippen LogP contribution >= 0.6 is 0 Å². The Hall–Kier alpha value is -2.47. The van der Waals surface area contributed by atoms with Crippen molar-refractivity contribution in [3.05, 3.63) is 53.4 Å². The van der Waals surface area contributed by atoms with E-state index in [1.165, 1.54) is 11.3 Å². The van der Waals surface area contributed by atoms with Gasteiger partial charge in [0.1, 0.15) is 5.82 Å². The zero-order valence-corrected chi connectivity index (χ0v) is 12.3. The highest BCUT2D eigenvalue weighted by molar-refractivity contribution is 5.49. The summed E-state index contributed by atoms with van der Waals surface area (Å²) < 4.78 is 10.7. The molecule has 6 heteroatoms. The van der Waals surface area contributed by atoms with Crippen LogP contribution in [0.15, 0.2) is 39.6 Å². The fraction of sp³-hybridized carbons (Fsp3) is 0.312. The lowest BCUT2D eigenvalue weighted by molar-refractivity contribution is 0.235. The molecule has 6 nitrogen and oxygen atoms in total. The molecule has 1 aliphatic heterocycles. The lowest BCUT2D eigenvalue weighted by Crippen LogP contribution is -2.31. The van der Waals surface area contributed by atoms with Gasteiger partial charge in [0.2, 0.25) is 5.76 Å². The predicted molar refractivity (Wildman–Crippen MR) is 78.8 cm³/mol. The van der Waals surface area contributed by atoms with Crippen molar-refractivity contribution in [2.24, 2.45) is 0 Å². The van der Waals surface area contributed by atoms with Crippen molar-refractivity contribution < 1.29 is 8.94 Å². The number of nitrogens with zero attached hydrogens (tertiary/aromatic N) is 4. The molecule has 0 fully saturated rings. The number of aryl methyl sites for hydroxylation is 1. The Morgan fingerprint density at radius 2 is 2.27 bits per heavy atom. The van der Waals surface area contributed by atoms with Gasteiger partial charge in [0.25, 0.3) is 0 Å². The highest BCUT2D eigenvalue weighted by atomic mass is 16.5. The van der Waals surface area contributed by atoms with Gasteiger partial charge >= 0.3 is 0 Å². The maximum Gasteiger partial charge on any atom is 0.202 e. The van der Waals surface area contributed by atoms with E-state index in [4.69, 9.17) is 8.94 Å². The minimum atomic E-state index is 0.663. The first-order valence-electron chi connectivity index (χ1n) is 7.31. The average Bonchev–Trinajstić information content (AvgIpc) is 3.18. The molecule has 0 saturated carbocycles. The van der Waals surface area contributed by atoms with Crippen LogP contribution in [0.5, 0.6) is 0 Å². The third kappa shape index (κ3) is 2.53. The van der Waals surface area contributed by atoms with E-state index in [1.54, 1.807) is 6.26 Å². The Morgan fingerprint density at radius 3 is 3.14 bits per heavy atom. The van der Waals surface area contributed by atoms with Crippen LogP contribution in [0, 0.1) is 6.92 Å². The van der Waals surface area contributed by atoms with Crippen LogP contribution in [-0.2, 0) is 19.5 Å². The standard InChI is InChI=1S/C16H16N4O2/c1-11-17-8-12-9-20(5-4-14(12)18-11)10-13-7-16(22-19-13)15-3-2-6-21-15/h2-3,6-8H,4-5,9-10H2,1H3. The van der Waals surface area contributed by atoms with E-state index >= 15 is 0 Å². The SMILES string of the molecule is Cc1ncc2c(n1)CCN(Cc1cc(-c3ccco3)on1)C2. The molecule has 3 aromatic rings. The summed E-state index contributed by atoms with van der Waals surface area (Å²) in [5, 5.41) is 4.13. The second kappa shape index (κ2) is 5.38. The van der Waals surface area contributed by atoms with Crippen LogP contribution < -0.4 is 0 Å². The molecule has 4 rings (SSSR count). The Morgan fingerprint density at radius 1 is 1.32 bits per heavy atom. The second-order valence-electron chi connectivity index (χ2n) is 5.51.